The molecule has 1 heterocycles. The van der Waals surface area contributed by atoms with Crippen LogP contribution in [-0.2, 0) is 0 Å². The normalized spacial score (nSPS) is 18.2. The van der Waals surface area contributed by atoms with Crippen molar-refractivity contribution in [3.63, 3.8) is 0 Å². The number of thiophene rings is 1. The molecule has 0 fully saturated rings. The lowest BCUT2D eigenvalue weighted by Crippen LogP contribution is -2.36. The Labute approximate surface area is 83.6 Å². The highest BCUT2D eigenvalue weighted by Gasteiger charge is 2.12. The Morgan fingerprint density at radius 1 is 1.38 bits per heavy atom. The largest absolute Gasteiger partial charge is 0.392 e. The van der Waals surface area contributed by atoms with Gasteiger partial charge in [0.25, 0.3) is 0 Å². The average molecular weight is 199 g/mol. The fraction of sp³-hybridized carbons (Fsp3) is 0.600. The highest BCUT2D eigenvalue weighted by molar-refractivity contribution is 7.07. The molecule has 1 aromatic rings. The lowest BCUT2D eigenvalue weighted by Gasteiger charge is -2.21. The van der Waals surface area contributed by atoms with Gasteiger partial charge in [0.1, 0.15) is 0 Å². The zero-order valence-corrected chi connectivity index (χ0v) is 9.14. The lowest BCUT2D eigenvalue weighted by atomic mass is 10.1. The molecule has 1 rings (SSSR count). The topological polar surface area (TPSA) is 32.3 Å². The number of aliphatic hydroxyl groups is 1. The van der Waals surface area contributed by atoms with Gasteiger partial charge in [-0.15, -0.1) is 0 Å². The first kappa shape index (κ1) is 10.7. The van der Waals surface area contributed by atoms with E-state index in [4.69, 9.17) is 0 Å². The minimum Gasteiger partial charge on any atom is -0.392 e. The highest BCUT2D eigenvalue weighted by Crippen LogP contribution is 2.16. The summed E-state index contributed by atoms with van der Waals surface area (Å²) in [5, 5.41) is 16.8. The molecule has 3 heteroatoms. The van der Waals surface area contributed by atoms with Crippen LogP contribution in [0, 0.1) is 0 Å². The molecule has 74 valence electrons. The molecule has 0 radical (unpaired) electrons. The quantitative estimate of drug-likeness (QED) is 0.779. The van der Waals surface area contributed by atoms with Crippen molar-refractivity contribution in [1.82, 2.24) is 5.32 Å². The number of hydrogen-bond acceptors (Lipinski definition) is 3. The van der Waals surface area contributed by atoms with Crippen molar-refractivity contribution >= 4 is 11.3 Å². The molecule has 0 aromatic carbocycles. The van der Waals surface area contributed by atoms with Crippen LogP contribution >= 0.6 is 11.3 Å². The molecule has 3 unspecified atom stereocenters. The fourth-order valence-corrected chi connectivity index (χ4v) is 1.91. The van der Waals surface area contributed by atoms with Crippen LogP contribution in [0.5, 0.6) is 0 Å². The van der Waals surface area contributed by atoms with Gasteiger partial charge in [-0.3, -0.25) is 0 Å². The number of hydrogen-bond donors (Lipinski definition) is 2. The van der Waals surface area contributed by atoms with Crippen LogP contribution in [0.25, 0.3) is 0 Å². The molecule has 0 aliphatic carbocycles. The third-order valence-electron chi connectivity index (χ3n) is 2.28. The summed E-state index contributed by atoms with van der Waals surface area (Å²) < 4.78 is 0. The van der Waals surface area contributed by atoms with Gasteiger partial charge in [-0.2, -0.15) is 11.3 Å². The van der Waals surface area contributed by atoms with Gasteiger partial charge in [0.05, 0.1) is 6.10 Å². The first-order valence-electron chi connectivity index (χ1n) is 4.57. The van der Waals surface area contributed by atoms with E-state index in [1.807, 2.05) is 6.92 Å². The molecule has 2 nitrogen and oxygen atoms in total. The van der Waals surface area contributed by atoms with Crippen LogP contribution in [0.1, 0.15) is 32.4 Å². The summed E-state index contributed by atoms with van der Waals surface area (Å²) in [6.07, 6.45) is -0.305. The van der Waals surface area contributed by atoms with Crippen molar-refractivity contribution in [2.75, 3.05) is 0 Å². The summed E-state index contributed by atoms with van der Waals surface area (Å²) in [5.74, 6) is 0. The second-order valence-electron chi connectivity index (χ2n) is 3.47. The van der Waals surface area contributed by atoms with Gasteiger partial charge in [-0.1, -0.05) is 0 Å². The first-order chi connectivity index (χ1) is 6.11. The van der Waals surface area contributed by atoms with Crippen LogP contribution in [0.3, 0.4) is 0 Å². The highest BCUT2D eigenvalue weighted by atomic mass is 32.1. The zero-order valence-electron chi connectivity index (χ0n) is 8.32. The smallest absolute Gasteiger partial charge is 0.0662 e. The van der Waals surface area contributed by atoms with Crippen LogP contribution in [0.2, 0.25) is 0 Å². The van der Waals surface area contributed by atoms with Gasteiger partial charge in [-0.05, 0) is 43.2 Å². The van der Waals surface area contributed by atoms with Crippen LogP contribution in [-0.4, -0.2) is 17.3 Å². The molecular weight excluding hydrogens is 182 g/mol. The number of nitrogens with one attached hydrogen (secondary N) is 1. The molecule has 0 aliphatic rings. The van der Waals surface area contributed by atoms with Gasteiger partial charge in [0, 0.05) is 12.1 Å². The van der Waals surface area contributed by atoms with Crippen molar-refractivity contribution in [1.29, 1.82) is 0 Å². The van der Waals surface area contributed by atoms with Crippen molar-refractivity contribution in [2.45, 2.75) is 39.0 Å². The Morgan fingerprint density at radius 3 is 2.54 bits per heavy atom. The van der Waals surface area contributed by atoms with E-state index < -0.39 is 0 Å². The lowest BCUT2D eigenvalue weighted by molar-refractivity contribution is 0.147. The predicted molar refractivity (Wildman–Crippen MR) is 57.0 cm³/mol. The molecule has 3 atom stereocenters. The van der Waals surface area contributed by atoms with Crippen molar-refractivity contribution < 1.29 is 5.11 Å². The monoisotopic (exact) mass is 199 g/mol. The summed E-state index contributed by atoms with van der Waals surface area (Å²) in [6.45, 7) is 5.91. The maximum atomic E-state index is 9.31. The summed E-state index contributed by atoms with van der Waals surface area (Å²) in [5.41, 5.74) is 1.29. The van der Waals surface area contributed by atoms with Gasteiger partial charge >= 0.3 is 0 Å². The van der Waals surface area contributed by atoms with Crippen molar-refractivity contribution in [3.8, 4) is 0 Å². The van der Waals surface area contributed by atoms with E-state index in [9.17, 15) is 5.11 Å². The number of rotatable bonds is 4. The standard InChI is InChI=1S/C10H17NOS/c1-7(9(3)12)11-8(2)10-4-5-13-6-10/h4-9,11-12H,1-3H3. The van der Waals surface area contributed by atoms with Gasteiger partial charge < -0.3 is 10.4 Å². The molecule has 2 N–H and O–H groups in total. The molecule has 0 amide bonds. The maximum Gasteiger partial charge on any atom is 0.0662 e. The Bertz CT molecular complexity index is 233. The van der Waals surface area contributed by atoms with Crippen molar-refractivity contribution in [2.24, 2.45) is 0 Å². The predicted octanol–water partition coefficient (Wildman–Crippen LogP) is 2.17. The number of aliphatic hydroxyl groups excluding tert-OH is 1. The zero-order chi connectivity index (χ0) is 9.84. The molecule has 0 aliphatic heterocycles. The molecule has 1 aromatic heterocycles. The van der Waals surface area contributed by atoms with Gasteiger partial charge in [0.2, 0.25) is 0 Å². The first-order valence-corrected chi connectivity index (χ1v) is 5.51. The third kappa shape index (κ3) is 3.10. The summed E-state index contributed by atoms with van der Waals surface area (Å²) in [7, 11) is 0. The van der Waals surface area contributed by atoms with Crippen LogP contribution < -0.4 is 5.32 Å². The van der Waals surface area contributed by atoms with E-state index in [0.29, 0.717) is 6.04 Å². The molecule has 0 spiro atoms. The molecule has 13 heavy (non-hydrogen) atoms. The van der Waals surface area contributed by atoms with Gasteiger partial charge in [-0.25, -0.2) is 0 Å². The fourth-order valence-electron chi connectivity index (χ4n) is 1.15. The van der Waals surface area contributed by atoms with Crippen LogP contribution in [0.15, 0.2) is 16.8 Å². The second-order valence-corrected chi connectivity index (χ2v) is 4.25. The minimum atomic E-state index is -0.305. The van der Waals surface area contributed by atoms with Crippen molar-refractivity contribution in [3.05, 3.63) is 22.4 Å². The summed E-state index contributed by atoms with van der Waals surface area (Å²) >= 11 is 1.70. The molecule has 0 saturated heterocycles. The molecular formula is C10H17NOS. The Hall–Kier alpha value is -0.380. The SMILES string of the molecule is CC(NC(C)C(C)O)c1ccsc1. The molecule has 0 bridgehead atoms. The minimum absolute atomic E-state index is 0.134. The van der Waals surface area contributed by atoms with E-state index in [0.717, 1.165) is 0 Å². The Morgan fingerprint density at radius 2 is 2.08 bits per heavy atom. The molecule has 0 saturated carbocycles. The summed E-state index contributed by atoms with van der Waals surface area (Å²) in [4.78, 5) is 0. The van der Waals surface area contributed by atoms with E-state index in [1.165, 1.54) is 5.56 Å². The van der Waals surface area contributed by atoms with Crippen LogP contribution in [0.4, 0.5) is 0 Å². The van der Waals surface area contributed by atoms with E-state index in [2.05, 4.69) is 29.1 Å². The third-order valence-corrected chi connectivity index (χ3v) is 2.98. The Balaban J connectivity index is 2.46. The van der Waals surface area contributed by atoms with Gasteiger partial charge in [0.15, 0.2) is 0 Å². The van der Waals surface area contributed by atoms with E-state index in [-0.39, 0.29) is 12.1 Å². The Kier molecular flexibility index (Phi) is 3.90. The van der Waals surface area contributed by atoms with E-state index >= 15 is 0 Å². The second kappa shape index (κ2) is 4.74. The summed E-state index contributed by atoms with van der Waals surface area (Å²) in [6, 6.07) is 2.56. The average Bonchev–Trinajstić information content (AvgIpc) is 2.55. The maximum absolute atomic E-state index is 9.31. The van der Waals surface area contributed by atoms with E-state index in [1.54, 1.807) is 18.3 Å².